The molecule has 0 radical (unpaired) electrons. The Morgan fingerprint density at radius 3 is 2.68 bits per heavy atom. The Balaban J connectivity index is 2.62. The summed E-state index contributed by atoms with van der Waals surface area (Å²) < 4.78 is 40.9. The number of amides is 1. The van der Waals surface area contributed by atoms with Gasteiger partial charge in [0.2, 0.25) is 0 Å². The van der Waals surface area contributed by atoms with Gasteiger partial charge in [0.1, 0.15) is 18.4 Å². The van der Waals surface area contributed by atoms with E-state index in [1.165, 1.54) is 19.1 Å². The van der Waals surface area contributed by atoms with Gasteiger partial charge in [-0.3, -0.25) is 4.79 Å². The number of ether oxygens (including phenoxy) is 1. The van der Waals surface area contributed by atoms with Crippen LogP contribution in [-0.4, -0.2) is 24.7 Å². The Labute approximate surface area is 107 Å². The molecule has 7 heteroatoms. The molecule has 0 spiro atoms. The summed E-state index contributed by atoms with van der Waals surface area (Å²) in [5, 5.41) is 10.5. The second-order valence-corrected chi connectivity index (χ2v) is 3.70. The normalized spacial score (nSPS) is 12.4. The molecule has 0 aromatic heterocycles. The number of nitriles is 1. The number of nitrogens with zero attached hydrogens (tertiary/aromatic N) is 1. The lowest BCUT2D eigenvalue weighted by Gasteiger charge is -2.16. The van der Waals surface area contributed by atoms with Crippen molar-refractivity contribution in [1.82, 2.24) is 5.32 Å². The maximum absolute atomic E-state index is 11.9. The third-order valence-corrected chi connectivity index (χ3v) is 2.14. The Hall–Kier alpha value is -2.23. The fourth-order valence-electron chi connectivity index (χ4n) is 1.24. The number of hydrogen-bond donors (Lipinski definition) is 1. The Kier molecular flexibility index (Phi) is 4.75. The largest absolute Gasteiger partial charge is 0.480 e. The van der Waals surface area contributed by atoms with Gasteiger partial charge < -0.3 is 10.1 Å². The molecule has 0 bridgehead atoms. The molecule has 19 heavy (non-hydrogen) atoms. The molecular formula is C12H11F3N2O2. The standard InChI is InChI=1S/C12H11F3N2O2/c1-8(11(18)17-7-12(13,14)15)19-10-5-3-2-4-9(10)6-16/h2-5,8H,7H2,1H3,(H,17,18)/t8-/m1/s1. The molecule has 0 saturated heterocycles. The smallest absolute Gasteiger partial charge is 0.405 e. The molecule has 4 nitrogen and oxygen atoms in total. The van der Waals surface area contributed by atoms with Crippen LogP contribution >= 0.6 is 0 Å². The zero-order valence-electron chi connectivity index (χ0n) is 9.99. The number of benzene rings is 1. The van der Waals surface area contributed by atoms with Crippen molar-refractivity contribution in [2.45, 2.75) is 19.2 Å². The molecule has 1 atom stereocenters. The maximum atomic E-state index is 11.9. The number of carbonyl (C=O) groups excluding carboxylic acids is 1. The van der Waals surface area contributed by atoms with Gasteiger partial charge in [0.25, 0.3) is 5.91 Å². The maximum Gasteiger partial charge on any atom is 0.405 e. The van der Waals surface area contributed by atoms with Crippen LogP contribution in [0.4, 0.5) is 13.2 Å². The highest BCUT2D eigenvalue weighted by Crippen LogP contribution is 2.18. The van der Waals surface area contributed by atoms with Gasteiger partial charge in [0.05, 0.1) is 5.56 Å². The third kappa shape index (κ3) is 4.87. The summed E-state index contributed by atoms with van der Waals surface area (Å²) in [5.41, 5.74) is 0.206. The fraction of sp³-hybridized carbons (Fsp3) is 0.333. The highest BCUT2D eigenvalue weighted by Gasteiger charge is 2.29. The first-order valence-electron chi connectivity index (χ1n) is 5.33. The van der Waals surface area contributed by atoms with Crippen LogP contribution in [0.2, 0.25) is 0 Å². The number of halogens is 3. The minimum atomic E-state index is -4.47. The van der Waals surface area contributed by atoms with Gasteiger partial charge in [-0.2, -0.15) is 18.4 Å². The van der Waals surface area contributed by atoms with Gasteiger partial charge in [0, 0.05) is 0 Å². The van der Waals surface area contributed by atoms with Crippen molar-refractivity contribution in [3.8, 4) is 11.8 Å². The lowest BCUT2D eigenvalue weighted by Crippen LogP contribution is -2.41. The summed E-state index contributed by atoms with van der Waals surface area (Å²) in [5.74, 6) is -0.746. The van der Waals surface area contributed by atoms with E-state index in [0.717, 1.165) is 0 Å². The highest BCUT2D eigenvalue weighted by molar-refractivity contribution is 5.80. The van der Waals surface area contributed by atoms with E-state index in [4.69, 9.17) is 10.00 Å². The molecule has 1 N–H and O–H groups in total. The second kappa shape index (κ2) is 6.09. The number of hydrogen-bond acceptors (Lipinski definition) is 3. The van der Waals surface area contributed by atoms with Crippen LogP contribution in [0.3, 0.4) is 0 Å². The minimum Gasteiger partial charge on any atom is -0.480 e. The molecule has 1 aromatic carbocycles. The molecule has 0 saturated carbocycles. The number of carbonyl (C=O) groups is 1. The molecule has 0 aliphatic carbocycles. The predicted octanol–water partition coefficient (Wildman–Crippen LogP) is 2.00. The van der Waals surface area contributed by atoms with Crippen LogP contribution < -0.4 is 10.1 Å². The molecule has 0 fully saturated rings. The lowest BCUT2D eigenvalue weighted by atomic mass is 10.2. The summed E-state index contributed by atoms with van der Waals surface area (Å²) in [4.78, 5) is 11.4. The van der Waals surface area contributed by atoms with E-state index in [1.54, 1.807) is 17.4 Å². The first-order valence-corrected chi connectivity index (χ1v) is 5.33. The Morgan fingerprint density at radius 1 is 1.47 bits per heavy atom. The number of nitrogens with one attached hydrogen (secondary N) is 1. The highest BCUT2D eigenvalue weighted by atomic mass is 19.4. The van der Waals surface area contributed by atoms with Crippen LogP contribution in [0.5, 0.6) is 5.75 Å². The van der Waals surface area contributed by atoms with E-state index in [-0.39, 0.29) is 11.3 Å². The lowest BCUT2D eigenvalue weighted by molar-refractivity contribution is -0.142. The predicted molar refractivity (Wildman–Crippen MR) is 60.3 cm³/mol. The molecular weight excluding hydrogens is 261 g/mol. The van der Waals surface area contributed by atoms with Crippen molar-refractivity contribution in [3.05, 3.63) is 29.8 Å². The van der Waals surface area contributed by atoms with E-state index < -0.39 is 24.7 Å². The van der Waals surface area contributed by atoms with E-state index in [0.29, 0.717) is 0 Å². The van der Waals surface area contributed by atoms with E-state index >= 15 is 0 Å². The van der Waals surface area contributed by atoms with Crippen molar-refractivity contribution in [2.75, 3.05) is 6.54 Å². The van der Waals surface area contributed by atoms with Gasteiger partial charge in [-0.05, 0) is 19.1 Å². The first kappa shape index (κ1) is 14.8. The van der Waals surface area contributed by atoms with Gasteiger partial charge in [-0.15, -0.1) is 0 Å². The van der Waals surface area contributed by atoms with E-state index in [1.807, 2.05) is 6.07 Å². The number of para-hydroxylation sites is 1. The van der Waals surface area contributed by atoms with Crippen molar-refractivity contribution in [1.29, 1.82) is 5.26 Å². The average molecular weight is 272 g/mol. The molecule has 0 aliphatic heterocycles. The molecule has 1 aromatic rings. The van der Waals surface area contributed by atoms with Crippen molar-refractivity contribution in [3.63, 3.8) is 0 Å². The van der Waals surface area contributed by atoms with Crippen molar-refractivity contribution >= 4 is 5.91 Å². The molecule has 102 valence electrons. The zero-order chi connectivity index (χ0) is 14.5. The summed E-state index contributed by atoms with van der Waals surface area (Å²) in [6.07, 6.45) is -5.60. The third-order valence-electron chi connectivity index (χ3n) is 2.14. The monoisotopic (exact) mass is 272 g/mol. The number of alkyl halides is 3. The SMILES string of the molecule is C[C@@H](Oc1ccccc1C#N)C(=O)NCC(F)(F)F. The van der Waals surface area contributed by atoms with E-state index in [2.05, 4.69) is 0 Å². The molecule has 0 unspecified atom stereocenters. The summed E-state index contributed by atoms with van der Waals surface area (Å²) >= 11 is 0. The summed E-state index contributed by atoms with van der Waals surface area (Å²) in [7, 11) is 0. The molecule has 1 rings (SSSR count). The zero-order valence-corrected chi connectivity index (χ0v) is 9.99. The van der Waals surface area contributed by atoms with Crippen LogP contribution in [-0.2, 0) is 4.79 Å². The second-order valence-electron chi connectivity index (χ2n) is 3.70. The van der Waals surface area contributed by atoms with Crippen LogP contribution in [0.25, 0.3) is 0 Å². The topological polar surface area (TPSA) is 62.1 Å². The average Bonchev–Trinajstić information content (AvgIpc) is 2.35. The van der Waals surface area contributed by atoms with Crippen LogP contribution in [0.15, 0.2) is 24.3 Å². The van der Waals surface area contributed by atoms with Crippen molar-refractivity contribution < 1.29 is 22.7 Å². The van der Waals surface area contributed by atoms with Gasteiger partial charge in [-0.25, -0.2) is 0 Å². The van der Waals surface area contributed by atoms with E-state index in [9.17, 15) is 18.0 Å². The van der Waals surface area contributed by atoms with Gasteiger partial charge in [-0.1, -0.05) is 12.1 Å². The first-order chi connectivity index (χ1) is 8.83. The molecule has 1 amide bonds. The van der Waals surface area contributed by atoms with Crippen LogP contribution in [0, 0.1) is 11.3 Å². The molecule has 0 heterocycles. The quantitative estimate of drug-likeness (QED) is 0.911. The fourth-order valence-corrected chi connectivity index (χ4v) is 1.24. The van der Waals surface area contributed by atoms with Crippen molar-refractivity contribution in [2.24, 2.45) is 0 Å². The minimum absolute atomic E-state index is 0.152. The van der Waals surface area contributed by atoms with Crippen LogP contribution in [0.1, 0.15) is 12.5 Å². The van der Waals surface area contributed by atoms with Gasteiger partial charge in [0.15, 0.2) is 6.10 Å². The summed E-state index contributed by atoms with van der Waals surface area (Å²) in [6.45, 7) is -0.112. The Morgan fingerprint density at radius 2 is 2.11 bits per heavy atom. The van der Waals surface area contributed by atoms with Gasteiger partial charge >= 0.3 is 6.18 Å². The summed E-state index contributed by atoms with van der Waals surface area (Å²) in [6, 6.07) is 8.01. The Bertz CT molecular complexity index is 494. The molecule has 0 aliphatic rings. The number of rotatable bonds is 4.